The van der Waals surface area contributed by atoms with E-state index in [1.807, 2.05) is 18.3 Å². The minimum absolute atomic E-state index is 0. The second kappa shape index (κ2) is 4.18. The minimum atomic E-state index is 0. The molecule has 2 heterocycles. The van der Waals surface area contributed by atoms with Gasteiger partial charge < -0.3 is 10.7 Å². The molecular weight excluding hydrogens is 197 g/mol. The van der Waals surface area contributed by atoms with E-state index >= 15 is 0 Å². The summed E-state index contributed by atoms with van der Waals surface area (Å²) >= 11 is 0. The van der Waals surface area contributed by atoms with Crippen molar-refractivity contribution in [2.45, 2.75) is 0 Å². The van der Waals surface area contributed by atoms with Gasteiger partial charge in [-0.3, -0.25) is 0 Å². The highest BCUT2D eigenvalue weighted by Crippen LogP contribution is 2.10. The third-order valence-electron chi connectivity index (χ3n) is 1.43. The first-order chi connectivity index (χ1) is 4.86. The van der Waals surface area contributed by atoms with Crippen LogP contribution >= 0.6 is 24.8 Å². The largest absolute Gasteiger partial charge is 0.384 e. The third-order valence-corrected chi connectivity index (χ3v) is 1.43. The molecule has 0 aliphatic heterocycles. The van der Waals surface area contributed by atoms with E-state index in [0.717, 1.165) is 11.0 Å². The minimum Gasteiger partial charge on any atom is -0.384 e. The number of hydrogen-bond donors (Lipinski definition) is 2. The summed E-state index contributed by atoms with van der Waals surface area (Å²) in [5, 5.41) is 1.09. The Bertz CT molecular complexity index is 358. The summed E-state index contributed by atoms with van der Waals surface area (Å²) in [5.41, 5.74) is 6.30. The highest BCUT2D eigenvalue weighted by Gasteiger charge is 1.93. The predicted octanol–water partition coefficient (Wildman–Crippen LogP) is 1.99. The van der Waals surface area contributed by atoms with E-state index in [1.54, 1.807) is 6.07 Å². The van der Waals surface area contributed by atoms with Gasteiger partial charge in [-0.05, 0) is 18.2 Å². The number of nitrogen functional groups attached to an aromatic ring is 1. The molecule has 2 aromatic rings. The predicted molar refractivity (Wildman–Crippen MR) is 55.0 cm³/mol. The summed E-state index contributed by atoms with van der Waals surface area (Å²) in [4.78, 5) is 7.03. The second-order valence-electron chi connectivity index (χ2n) is 2.15. The molecule has 3 N–H and O–H groups in total. The van der Waals surface area contributed by atoms with Gasteiger partial charge in [0.15, 0.2) is 0 Å². The molecule has 0 spiro atoms. The average Bonchev–Trinajstić information content (AvgIpc) is 2.33. The number of aromatic nitrogens is 2. The van der Waals surface area contributed by atoms with Gasteiger partial charge in [0.25, 0.3) is 0 Å². The molecule has 5 heteroatoms. The SMILES string of the molecule is Cl.Cl.Nc1ccc2cc[nH]c2n1. The molecule has 0 amide bonds. The van der Waals surface area contributed by atoms with Crippen LogP contribution in [0.3, 0.4) is 0 Å². The molecule has 0 radical (unpaired) electrons. The summed E-state index contributed by atoms with van der Waals surface area (Å²) in [6, 6.07) is 5.69. The maximum Gasteiger partial charge on any atom is 0.139 e. The number of anilines is 1. The molecule has 0 aliphatic carbocycles. The molecule has 66 valence electrons. The molecular formula is C7H9Cl2N3. The summed E-state index contributed by atoms with van der Waals surface area (Å²) in [6.07, 6.45) is 1.84. The Kier molecular flexibility index (Phi) is 3.86. The Hall–Kier alpha value is -0.930. The Morgan fingerprint density at radius 3 is 2.67 bits per heavy atom. The zero-order valence-electron chi connectivity index (χ0n) is 6.15. The summed E-state index contributed by atoms with van der Waals surface area (Å²) < 4.78 is 0. The topological polar surface area (TPSA) is 54.7 Å². The van der Waals surface area contributed by atoms with Crippen LogP contribution in [-0.4, -0.2) is 9.97 Å². The molecule has 0 bridgehead atoms. The zero-order valence-corrected chi connectivity index (χ0v) is 7.78. The Morgan fingerprint density at radius 1 is 1.17 bits per heavy atom. The lowest BCUT2D eigenvalue weighted by molar-refractivity contribution is 1.33. The van der Waals surface area contributed by atoms with Crippen molar-refractivity contribution < 1.29 is 0 Å². The molecule has 2 rings (SSSR count). The fourth-order valence-corrected chi connectivity index (χ4v) is 0.945. The number of hydrogen-bond acceptors (Lipinski definition) is 2. The molecule has 2 aromatic heterocycles. The van der Waals surface area contributed by atoms with Crippen LogP contribution in [0.25, 0.3) is 11.0 Å². The van der Waals surface area contributed by atoms with Crippen LogP contribution in [0.5, 0.6) is 0 Å². The van der Waals surface area contributed by atoms with Gasteiger partial charge in [0.2, 0.25) is 0 Å². The van der Waals surface area contributed by atoms with Crippen LogP contribution in [0, 0.1) is 0 Å². The Labute approximate surface area is 82.2 Å². The van der Waals surface area contributed by atoms with Crippen molar-refractivity contribution in [2.24, 2.45) is 0 Å². The van der Waals surface area contributed by atoms with Crippen LogP contribution in [0.4, 0.5) is 5.82 Å². The molecule has 0 saturated heterocycles. The van der Waals surface area contributed by atoms with E-state index < -0.39 is 0 Å². The van der Waals surface area contributed by atoms with Gasteiger partial charge in [-0.2, -0.15) is 0 Å². The number of fused-ring (bicyclic) bond motifs is 1. The Balaban J connectivity index is 0.000000605. The lowest BCUT2D eigenvalue weighted by atomic mass is 10.3. The zero-order chi connectivity index (χ0) is 6.97. The monoisotopic (exact) mass is 205 g/mol. The van der Waals surface area contributed by atoms with Gasteiger partial charge in [-0.15, -0.1) is 24.8 Å². The number of pyridine rings is 1. The maximum atomic E-state index is 5.45. The van der Waals surface area contributed by atoms with Gasteiger partial charge in [0.05, 0.1) is 0 Å². The normalized spacial score (nSPS) is 8.67. The van der Waals surface area contributed by atoms with E-state index in [4.69, 9.17) is 5.73 Å². The molecule has 0 aliphatic rings. The van der Waals surface area contributed by atoms with E-state index in [-0.39, 0.29) is 24.8 Å². The number of nitrogens with zero attached hydrogens (tertiary/aromatic N) is 1. The first-order valence-electron chi connectivity index (χ1n) is 3.06. The fraction of sp³-hybridized carbons (Fsp3) is 0. The number of nitrogens with one attached hydrogen (secondary N) is 1. The van der Waals surface area contributed by atoms with Gasteiger partial charge in [0.1, 0.15) is 11.5 Å². The smallest absolute Gasteiger partial charge is 0.139 e. The number of nitrogens with two attached hydrogens (primary N) is 1. The van der Waals surface area contributed by atoms with E-state index in [2.05, 4.69) is 9.97 Å². The Morgan fingerprint density at radius 2 is 1.92 bits per heavy atom. The first kappa shape index (κ1) is 11.1. The van der Waals surface area contributed by atoms with Crippen molar-refractivity contribution in [2.75, 3.05) is 5.73 Å². The van der Waals surface area contributed by atoms with Crippen LogP contribution < -0.4 is 5.73 Å². The second-order valence-corrected chi connectivity index (χ2v) is 2.15. The van der Waals surface area contributed by atoms with Gasteiger partial charge >= 0.3 is 0 Å². The van der Waals surface area contributed by atoms with Crippen molar-refractivity contribution in [3.8, 4) is 0 Å². The quantitative estimate of drug-likeness (QED) is 0.692. The molecule has 3 nitrogen and oxygen atoms in total. The number of H-pyrrole nitrogens is 1. The van der Waals surface area contributed by atoms with E-state index in [1.165, 1.54) is 0 Å². The molecule has 0 saturated carbocycles. The van der Waals surface area contributed by atoms with Crippen LogP contribution in [0.15, 0.2) is 24.4 Å². The van der Waals surface area contributed by atoms with E-state index in [0.29, 0.717) is 5.82 Å². The van der Waals surface area contributed by atoms with Crippen molar-refractivity contribution >= 4 is 41.7 Å². The molecule has 0 unspecified atom stereocenters. The first-order valence-corrected chi connectivity index (χ1v) is 3.06. The molecule has 0 aromatic carbocycles. The molecule has 0 fully saturated rings. The molecule has 0 atom stereocenters. The fourth-order valence-electron chi connectivity index (χ4n) is 0.945. The number of rotatable bonds is 0. The van der Waals surface area contributed by atoms with Crippen LogP contribution in [0.2, 0.25) is 0 Å². The standard InChI is InChI=1S/C7H7N3.2ClH/c8-6-2-1-5-3-4-9-7(5)10-6;;/h1-4H,(H3,8,9,10);2*1H. The van der Waals surface area contributed by atoms with Crippen molar-refractivity contribution in [3.63, 3.8) is 0 Å². The van der Waals surface area contributed by atoms with Gasteiger partial charge in [-0.1, -0.05) is 0 Å². The van der Waals surface area contributed by atoms with Crippen molar-refractivity contribution in [3.05, 3.63) is 24.4 Å². The van der Waals surface area contributed by atoms with Crippen LogP contribution in [0.1, 0.15) is 0 Å². The summed E-state index contributed by atoms with van der Waals surface area (Å²) in [6.45, 7) is 0. The number of aromatic amines is 1. The highest BCUT2D eigenvalue weighted by molar-refractivity contribution is 5.85. The van der Waals surface area contributed by atoms with E-state index in [9.17, 15) is 0 Å². The third kappa shape index (κ3) is 1.81. The van der Waals surface area contributed by atoms with Crippen LogP contribution in [-0.2, 0) is 0 Å². The lowest BCUT2D eigenvalue weighted by Crippen LogP contribution is -1.88. The highest BCUT2D eigenvalue weighted by atomic mass is 35.5. The van der Waals surface area contributed by atoms with Gasteiger partial charge in [-0.25, -0.2) is 4.98 Å². The lowest BCUT2D eigenvalue weighted by Gasteiger charge is -1.89. The molecule has 12 heavy (non-hydrogen) atoms. The number of halogens is 2. The van der Waals surface area contributed by atoms with Gasteiger partial charge in [0, 0.05) is 11.6 Å². The van der Waals surface area contributed by atoms with Crippen molar-refractivity contribution in [1.29, 1.82) is 0 Å². The summed E-state index contributed by atoms with van der Waals surface area (Å²) in [7, 11) is 0. The average molecular weight is 206 g/mol. The van der Waals surface area contributed by atoms with Crippen molar-refractivity contribution in [1.82, 2.24) is 9.97 Å². The summed E-state index contributed by atoms with van der Waals surface area (Å²) in [5.74, 6) is 0.551. The maximum absolute atomic E-state index is 5.45.